The Labute approximate surface area is 238 Å². The number of carbonyl (C=O) groups is 2. The maximum atomic E-state index is 16.3. The number of allylic oxidation sites excluding steroid dienone is 2. The van der Waals surface area contributed by atoms with Gasteiger partial charge in [-0.05, 0) is 83.8 Å². The SMILES string of the molecule is CCCCCc1cc(O)c(C2C=C(C)CCC2C(C)C)c(OP(=O)(NC(C)C(=O)OC(C)C)C(=O)OCC)c1F. The van der Waals surface area contributed by atoms with Crippen LogP contribution in [0, 0.1) is 17.7 Å². The summed E-state index contributed by atoms with van der Waals surface area (Å²) in [5.74, 6) is -2.40. The third-order valence-corrected chi connectivity index (χ3v) is 8.92. The quantitative estimate of drug-likeness (QED) is 0.0980. The van der Waals surface area contributed by atoms with Crippen molar-refractivity contribution < 1.29 is 37.6 Å². The average Bonchev–Trinajstić information content (AvgIpc) is 2.86. The highest BCUT2D eigenvalue weighted by atomic mass is 31.2. The van der Waals surface area contributed by atoms with Crippen LogP contribution in [0.15, 0.2) is 17.7 Å². The molecule has 1 aliphatic rings. The molecule has 1 aromatic carbocycles. The van der Waals surface area contributed by atoms with Gasteiger partial charge in [-0.15, -0.1) is 0 Å². The first-order valence-corrected chi connectivity index (χ1v) is 16.0. The minimum absolute atomic E-state index is 0.0390. The molecule has 10 heteroatoms. The maximum absolute atomic E-state index is 16.3. The molecule has 8 nitrogen and oxygen atoms in total. The Kier molecular flexibility index (Phi) is 12.7. The molecule has 40 heavy (non-hydrogen) atoms. The van der Waals surface area contributed by atoms with Crippen molar-refractivity contribution in [1.29, 1.82) is 0 Å². The lowest BCUT2D eigenvalue weighted by Crippen LogP contribution is -2.37. The lowest BCUT2D eigenvalue weighted by molar-refractivity contribution is -0.149. The van der Waals surface area contributed by atoms with Crippen LogP contribution in [0.4, 0.5) is 9.18 Å². The molecule has 1 aliphatic carbocycles. The predicted octanol–water partition coefficient (Wildman–Crippen LogP) is 8.02. The molecule has 0 heterocycles. The van der Waals surface area contributed by atoms with Crippen LogP contribution < -0.4 is 9.61 Å². The Morgan fingerprint density at radius 2 is 1.85 bits per heavy atom. The van der Waals surface area contributed by atoms with Crippen LogP contribution in [0.3, 0.4) is 0 Å². The van der Waals surface area contributed by atoms with Crippen molar-refractivity contribution in [2.24, 2.45) is 11.8 Å². The van der Waals surface area contributed by atoms with Gasteiger partial charge in [-0.3, -0.25) is 4.79 Å². The number of ether oxygens (including phenoxy) is 2. The number of aryl methyl sites for hydroxylation is 1. The van der Waals surface area contributed by atoms with E-state index in [4.69, 9.17) is 14.0 Å². The second-order valence-corrected chi connectivity index (χ2v) is 13.1. The zero-order valence-corrected chi connectivity index (χ0v) is 26.1. The van der Waals surface area contributed by atoms with Crippen molar-refractivity contribution in [1.82, 2.24) is 5.09 Å². The fraction of sp³-hybridized carbons (Fsp3) is 0.667. The molecular formula is C30H47FNO7P. The number of halogens is 1. The smallest absolute Gasteiger partial charge is 0.424 e. The van der Waals surface area contributed by atoms with Crippen molar-refractivity contribution in [2.75, 3.05) is 6.61 Å². The van der Waals surface area contributed by atoms with Crippen LogP contribution in [0.1, 0.15) is 105 Å². The minimum Gasteiger partial charge on any atom is -0.507 e. The molecule has 0 aromatic heterocycles. The van der Waals surface area contributed by atoms with E-state index >= 15 is 4.39 Å². The van der Waals surface area contributed by atoms with Gasteiger partial charge in [0.15, 0.2) is 11.6 Å². The van der Waals surface area contributed by atoms with Crippen molar-refractivity contribution >= 4 is 19.2 Å². The van der Waals surface area contributed by atoms with Crippen LogP contribution in [0.5, 0.6) is 11.5 Å². The van der Waals surface area contributed by atoms with Crippen molar-refractivity contribution in [3.63, 3.8) is 0 Å². The van der Waals surface area contributed by atoms with E-state index in [1.807, 2.05) is 19.9 Å². The molecule has 0 saturated carbocycles. The van der Waals surface area contributed by atoms with E-state index in [2.05, 4.69) is 18.9 Å². The van der Waals surface area contributed by atoms with Crippen LogP contribution in [-0.2, 0) is 25.3 Å². The van der Waals surface area contributed by atoms with Gasteiger partial charge < -0.3 is 19.1 Å². The van der Waals surface area contributed by atoms with Crippen LogP contribution >= 0.6 is 7.52 Å². The number of aromatic hydroxyl groups is 1. The molecular weight excluding hydrogens is 536 g/mol. The lowest BCUT2D eigenvalue weighted by atomic mass is 9.71. The highest BCUT2D eigenvalue weighted by Gasteiger charge is 2.43. The third-order valence-electron chi connectivity index (χ3n) is 7.15. The minimum atomic E-state index is -4.72. The Morgan fingerprint density at radius 1 is 1.18 bits per heavy atom. The van der Waals surface area contributed by atoms with Gasteiger partial charge in [-0.1, -0.05) is 45.3 Å². The zero-order chi connectivity index (χ0) is 30.2. The number of benzene rings is 1. The van der Waals surface area contributed by atoms with Crippen LogP contribution in [0.2, 0.25) is 0 Å². The first-order valence-electron chi connectivity index (χ1n) is 14.4. The summed E-state index contributed by atoms with van der Waals surface area (Å²) in [6, 6.07) is 0.180. The molecule has 0 radical (unpaired) electrons. The Hall–Kier alpha value is -2.38. The number of phenols is 1. The number of rotatable bonds is 14. The van der Waals surface area contributed by atoms with E-state index in [0.29, 0.717) is 12.8 Å². The number of nitrogens with one attached hydrogen (secondary N) is 1. The number of unbranched alkanes of at least 4 members (excludes halogenated alkanes) is 2. The predicted molar refractivity (Wildman–Crippen MR) is 154 cm³/mol. The van der Waals surface area contributed by atoms with Crippen LogP contribution in [-0.4, -0.2) is 35.5 Å². The zero-order valence-electron chi connectivity index (χ0n) is 25.2. The molecule has 0 spiro atoms. The van der Waals surface area contributed by atoms with E-state index in [0.717, 1.165) is 31.3 Å². The van der Waals surface area contributed by atoms with Gasteiger partial charge in [0.25, 0.3) is 0 Å². The molecule has 2 rings (SSSR count). The fourth-order valence-electron chi connectivity index (χ4n) is 5.07. The van der Waals surface area contributed by atoms with E-state index in [-0.39, 0.29) is 35.3 Å². The van der Waals surface area contributed by atoms with Gasteiger partial charge >= 0.3 is 19.2 Å². The highest BCUT2D eigenvalue weighted by Crippen LogP contribution is 2.54. The summed E-state index contributed by atoms with van der Waals surface area (Å²) in [4.78, 5) is 25.6. The van der Waals surface area contributed by atoms with Crippen molar-refractivity contribution in [3.05, 3.63) is 34.7 Å². The second kappa shape index (κ2) is 15.0. The Morgan fingerprint density at radius 3 is 2.42 bits per heavy atom. The van der Waals surface area contributed by atoms with Gasteiger partial charge in [0.2, 0.25) is 0 Å². The third kappa shape index (κ3) is 8.56. The number of esters is 1. The Bertz CT molecular complexity index is 1120. The second-order valence-electron chi connectivity index (χ2n) is 11.2. The molecule has 0 aliphatic heterocycles. The molecule has 226 valence electrons. The average molecular weight is 584 g/mol. The van der Waals surface area contributed by atoms with E-state index in [1.165, 1.54) is 19.9 Å². The Balaban J connectivity index is 2.73. The largest absolute Gasteiger partial charge is 0.507 e. The molecule has 0 amide bonds. The first-order chi connectivity index (χ1) is 18.7. The van der Waals surface area contributed by atoms with E-state index < -0.39 is 48.8 Å². The van der Waals surface area contributed by atoms with E-state index in [1.54, 1.807) is 13.8 Å². The number of hydrogen-bond acceptors (Lipinski definition) is 7. The summed E-state index contributed by atoms with van der Waals surface area (Å²) in [7, 11) is -4.72. The first kappa shape index (κ1) is 33.8. The maximum Gasteiger partial charge on any atom is 0.424 e. The molecule has 1 aromatic rings. The van der Waals surface area contributed by atoms with Gasteiger partial charge in [0, 0.05) is 11.5 Å². The molecule has 4 atom stereocenters. The number of phenolic OH excluding ortho intramolecular Hbond substituents is 1. The topological polar surface area (TPSA) is 111 Å². The van der Waals surface area contributed by atoms with Gasteiger partial charge in [-0.2, -0.15) is 0 Å². The molecule has 0 saturated heterocycles. The van der Waals surface area contributed by atoms with Crippen LogP contribution in [0.25, 0.3) is 0 Å². The summed E-state index contributed by atoms with van der Waals surface area (Å²) < 4.78 is 46.5. The summed E-state index contributed by atoms with van der Waals surface area (Å²) in [6.45, 7) is 14.2. The molecule has 0 fully saturated rings. The summed E-state index contributed by atoms with van der Waals surface area (Å²) in [6.07, 6.45) is 5.99. The van der Waals surface area contributed by atoms with E-state index in [9.17, 15) is 19.3 Å². The van der Waals surface area contributed by atoms with Crippen molar-refractivity contribution in [2.45, 2.75) is 112 Å². The molecule has 2 N–H and O–H groups in total. The normalized spacial score (nSPS) is 19.6. The molecule has 4 unspecified atom stereocenters. The van der Waals surface area contributed by atoms with Gasteiger partial charge in [0.1, 0.15) is 11.8 Å². The lowest BCUT2D eigenvalue weighted by Gasteiger charge is -2.35. The van der Waals surface area contributed by atoms with Gasteiger partial charge in [-0.25, -0.2) is 18.8 Å². The fourth-order valence-corrected chi connectivity index (χ4v) is 6.66. The number of carbonyl (C=O) groups excluding carboxylic acids is 2. The summed E-state index contributed by atoms with van der Waals surface area (Å²) >= 11 is 0. The summed E-state index contributed by atoms with van der Waals surface area (Å²) in [5.41, 5.74) is 0.163. The number of hydrogen-bond donors (Lipinski definition) is 2. The highest BCUT2D eigenvalue weighted by molar-refractivity contribution is 7.74. The van der Waals surface area contributed by atoms with Crippen molar-refractivity contribution in [3.8, 4) is 11.5 Å². The summed E-state index contributed by atoms with van der Waals surface area (Å²) in [5, 5.41) is 13.8. The van der Waals surface area contributed by atoms with Gasteiger partial charge in [0.05, 0.1) is 12.7 Å². The standard InChI is InChI=1S/C30H47FNO7P/c1-9-11-12-13-22-17-25(33)26(24-16-20(7)14-15-23(24)18(3)4)28(27(22)31)39-40(36,30(35)37-10-2)32-21(8)29(34)38-19(5)6/h16-19,21,23-24,33H,9-15H2,1-8H3,(H,32,36). The molecule has 0 bridgehead atoms. The monoisotopic (exact) mass is 583 g/mol.